The summed E-state index contributed by atoms with van der Waals surface area (Å²) in [6, 6.07) is 25.3. The molecule has 3 aromatic rings. The molecule has 1 amide bonds. The first-order chi connectivity index (χ1) is 15.0. The number of aliphatic hydroxyl groups excluding tert-OH is 1. The van der Waals surface area contributed by atoms with E-state index in [1.807, 2.05) is 54.6 Å². The Bertz CT molecular complexity index is 1080. The lowest BCUT2D eigenvalue weighted by Crippen LogP contribution is -2.29. The SMILES string of the molecule is COc1ccc(C2=C(O)C(=O)N(Cc3ccccc3)C2c2ccc(C(C)C)cc2)cc1. The van der Waals surface area contributed by atoms with Gasteiger partial charge in [0.2, 0.25) is 0 Å². The van der Waals surface area contributed by atoms with E-state index in [2.05, 4.69) is 38.1 Å². The smallest absolute Gasteiger partial charge is 0.290 e. The van der Waals surface area contributed by atoms with Crippen molar-refractivity contribution in [1.29, 1.82) is 0 Å². The van der Waals surface area contributed by atoms with Crippen molar-refractivity contribution in [2.75, 3.05) is 7.11 Å². The number of rotatable bonds is 6. The fourth-order valence-electron chi connectivity index (χ4n) is 4.07. The number of amides is 1. The topological polar surface area (TPSA) is 49.8 Å². The molecule has 1 unspecified atom stereocenters. The lowest BCUT2D eigenvalue weighted by atomic mass is 9.91. The fourth-order valence-corrected chi connectivity index (χ4v) is 4.07. The van der Waals surface area contributed by atoms with Crippen molar-refractivity contribution in [3.8, 4) is 5.75 Å². The Balaban J connectivity index is 1.79. The van der Waals surface area contributed by atoms with Crippen LogP contribution in [0.4, 0.5) is 0 Å². The third kappa shape index (κ3) is 4.06. The molecule has 1 aliphatic heterocycles. The number of benzene rings is 3. The number of hydrogen-bond donors (Lipinski definition) is 1. The summed E-state index contributed by atoms with van der Waals surface area (Å²) in [5.74, 6) is 0.600. The van der Waals surface area contributed by atoms with E-state index in [-0.39, 0.29) is 17.7 Å². The molecule has 1 heterocycles. The van der Waals surface area contributed by atoms with E-state index in [4.69, 9.17) is 4.74 Å². The molecule has 0 bridgehead atoms. The van der Waals surface area contributed by atoms with Crippen LogP contribution >= 0.6 is 0 Å². The summed E-state index contributed by atoms with van der Waals surface area (Å²) in [5.41, 5.74) is 4.66. The number of methoxy groups -OCH3 is 1. The molecule has 0 fully saturated rings. The molecule has 0 saturated carbocycles. The van der Waals surface area contributed by atoms with Gasteiger partial charge in [0, 0.05) is 12.1 Å². The van der Waals surface area contributed by atoms with Gasteiger partial charge in [-0.1, -0.05) is 80.6 Å². The average Bonchev–Trinajstić information content (AvgIpc) is 3.05. The molecule has 0 aromatic heterocycles. The third-order valence-electron chi connectivity index (χ3n) is 5.82. The van der Waals surface area contributed by atoms with Gasteiger partial charge in [-0.15, -0.1) is 0 Å². The van der Waals surface area contributed by atoms with Crippen LogP contribution in [0, 0.1) is 0 Å². The molecule has 158 valence electrons. The maximum atomic E-state index is 13.2. The van der Waals surface area contributed by atoms with Crippen LogP contribution in [-0.4, -0.2) is 23.0 Å². The van der Waals surface area contributed by atoms with Crippen LogP contribution in [0.5, 0.6) is 5.75 Å². The Morgan fingerprint density at radius 1 is 0.935 bits per heavy atom. The second kappa shape index (κ2) is 8.68. The zero-order chi connectivity index (χ0) is 22.0. The minimum absolute atomic E-state index is 0.195. The lowest BCUT2D eigenvalue weighted by Gasteiger charge is -2.28. The van der Waals surface area contributed by atoms with Gasteiger partial charge in [-0.3, -0.25) is 4.79 Å². The molecule has 4 rings (SSSR count). The van der Waals surface area contributed by atoms with Crippen molar-refractivity contribution in [2.24, 2.45) is 0 Å². The zero-order valence-electron chi connectivity index (χ0n) is 18.1. The predicted octanol–water partition coefficient (Wildman–Crippen LogP) is 5.87. The zero-order valence-corrected chi connectivity index (χ0v) is 18.1. The molecule has 1 N–H and O–H groups in total. The highest BCUT2D eigenvalue weighted by molar-refractivity contribution is 6.05. The molecule has 4 heteroatoms. The summed E-state index contributed by atoms with van der Waals surface area (Å²) in [6.45, 7) is 4.73. The highest BCUT2D eigenvalue weighted by atomic mass is 16.5. The number of hydrogen-bond acceptors (Lipinski definition) is 3. The number of carbonyl (C=O) groups is 1. The first-order valence-corrected chi connectivity index (χ1v) is 10.5. The van der Waals surface area contributed by atoms with Gasteiger partial charge in [0.1, 0.15) is 5.75 Å². The number of carbonyl (C=O) groups excluding carboxylic acids is 1. The molecule has 4 nitrogen and oxygen atoms in total. The molecule has 0 radical (unpaired) electrons. The van der Waals surface area contributed by atoms with Gasteiger partial charge in [0.05, 0.1) is 13.2 Å². The van der Waals surface area contributed by atoms with Crippen molar-refractivity contribution < 1.29 is 14.6 Å². The average molecular weight is 414 g/mol. The molecule has 3 aromatic carbocycles. The minimum Gasteiger partial charge on any atom is -0.503 e. The van der Waals surface area contributed by atoms with Crippen molar-refractivity contribution in [3.63, 3.8) is 0 Å². The minimum atomic E-state index is -0.373. The fraction of sp³-hybridized carbons (Fsp3) is 0.222. The molecular weight excluding hydrogens is 386 g/mol. The Kier molecular flexibility index (Phi) is 5.81. The van der Waals surface area contributed by atoms with Crippen LogP contribution < -0.4 is 4.74 Å². The van der Waals surface area contributed by atoms with Gasteiger partial charge in [-0.2, -0.15) is 0 Å². The molecule has 1 aliphatic rings. The molecular formula is C27H27NO3. The Labute approximate surface area is 183 Å². The summed E-state index contributed by atoms with van der Waals surface area (Å²) in [6.07, 6.45) is 0. The van der Waals surface area contributed by atoms with Gasteiger partial charge in [0.15, 0.2) is 5.76 Å². The van der Waals surface area contributed by atoms with Crippen LogP contribution in [0.15, 0.2) is 84.6 Å². The monoisotopic (exact) mass is 413 g/mol. The van der Waals surface area contributed by atoms with E-state index in [1.165, 1.54) is 5.56 Å². The number of nitrogens with zero attached hydrogens (tertiary/aromatic N) is 1. The number of aliphatic hydroxyl groups is 1. The van der Waals surface area contributed by atoms with Crippen LogP contribution in [0.25, 0.3) is 5.57 Å². The number of ether oxygens (including phenoxy) is 1. The lowest BCUT2D eigenvalue weighted by molar-refractivity contribution is -0.130. The predicted molar refractivity (Wildman–Crippen MR) is 123 cm³/mol. The van der Waals surface area contributed by atoms with E-state index in [0.717, 1.165) is 22.4 Å². The highest BCUT2D eigenvalue weighted by Gasteiger charge is 2.41. The van der Waals surface area contributed by atoms with Gasteiger partial charge in [0.25, 0.3) is 5.91 Å². The second-order valence-corrected chi connectivity index (χ2v) is 8.13. The van der Waals surface area contributed by atoms with Crippen molar-refractivity contribution in [3.05, 3.63) is 107 Å². The standard InChI is InChI=1S/C27H27NO3/c1-18(2)20-9-11-22(12-10-20)25-24(21-13-15-23(31-3)16-14-21)26(29)27(30)28(25)17-19-7-5-4-6-8-19/h4-16,18,25,29H,17H2,1-3H3. The van der Waals surface area contributed by atoms with Crippen LogP contribution in [0.1, 0.15) is 48.1 Å². The van der Waals surface area contributed by atoms with E-state index in [1.54, 1.807) is 12.0 Å². The summed E-state index contributed by atoms with van der Waals surface area (Å²) in [7, 11) is 1.62. The Hall–Kier alpha value is -3.53. The largest absolute Gasteiger partial charge is 0.503 e. The quantitative estimate of drug-likeness (QED) is 0.550. The maximum Gasteiger partial charge on any atom is 0.290 e. The van der Waals surface area contributed by atoms with Crippen molar-refractivity contribution >= 4 is 11.5 Å². The van der Waals surface area contributed by atoms with Crippen molar-refractivity contribution in [2.45, 2.75) is 32.4 Å². The Morgan fingerprint density at radius 2 is 1.58 bits per heavy atom. The second-order valence-electron chi connectivity index (χ2n) is 8.13. The van der Waals surface area contributed by atoms with Crippen LogP contribution in [-0.2, 0) is 11.3 Å². The van der Waals surface area contributed by atoms with Crippen LogP contribution in [0.2, 0.25) is 0 Å². The van der Waals surface area contributed by atoms with Crippen molar-refractivity contribution in [1.82, 2.24) is 4.90 Å². The Morgan fingerprint density at radius 3 is 2.16 bits per heavy atom. The molecule has 1 atom stereocenters. The van der Waals surface area contributed by atoms with Gasteiger partial charge in [-0.25, -0.2) is 0 Å². The van der Waals surface area contributed by atoms with E-state index < -0.39 is 0 Å². The van der Waals surface area contributed by atoms with Crippen LogP contribution in [0.3, 0.4) is 0 Å². The summed E-state index contributed by atoms with van der Waals surface area (Å²) in [4.78, 5) is 14.9. The first kappa shape index (κ1) is 20.7. The van der Waals surface area contributed by atoms with E-state index in [9.17, 15) is 9.90 Å². The maximum absolute atomic E-state index is 13.2. The molecule has 31 heavy (non-hydrogen) atoms. The van der Waals surface area contributed by atoms with E-state index >= 15 is 0 Å². The summed E-state index contributed by atoms with van der Waals surface area (Å²) in [5, 5.41) is 10.9. The summed E-state index contributed by atoms with van der Waals surface area (Å²) >= 11 is 0. The first-order valence-electron chi connectivity index (χ1n) is 10.5. The van der Waals surface area contributed by atoms with Gasteiger partial charge < -0.3 is 14.7 Å². The highest BCUT2D eigenvalue weighted by Crippen LogP contribution is 2.44. The molecule has 0 spiro atoms. The van der Waals surface area contributed by atoms with E-state index in [0.29, 0.717) is 18.0 Å². The molecule has 0 aliphatic carbocycles. The molecule has 0 saturated heterocycles. The van der Waals surface area contributed by atoms with Gasteiger partial charge in [-0.05, 0) is 40.3 Å². The van der Waals surface area contributed by atoms with Gasteiger partial charge >= 0.3 is 0 Å². The third-order valence-corrected chi connectivity index (χ3v) is 5.82. The normalized spacial score (nSPS) is 16.3. The summed E-state index contributed by atoms with van der Waals surface area (Å²) < 4.78 is 5.27.